The number of likely N-dealkylation sites (N-methyl/N-ethyl adjacent to an activating group) is 1. The minimum Gasteiger partial charge on any atom is -0.468 e. The molecule has 154 valence electrons. The highest BCUT2D eigenvalue weighted by Gasteiger charge is 2.24. The standard InChI is InChI=1S/C18H31N5O3.HI/c1-5-25-18(24)23-10-8-14(9-11-23)21-17(19-2)20-13-15(22(3)4)16-7-6-12-26-16;/h6-7,12,14-15H,5,8-11,13H2,1-4H3,(H2,19,20,21);1H. The molecule has 1 unspecified atom stereocenters. The number of piperidine rings is 1. The predicted octanol–water partition coefficient (Wildman–Crippen LogP) is 2.29. The second-order valence-corrected chi connectivity index (χ2v) is 6.55. The van der Waals surface area contributed by atoms with Gasteiger partial charge in [0.15, 0.2) is 5.96 Å². The SMILES string of the molecule is CCOC(=O)N1CCC(NC(=NC)NCC(c2ccco2)N(C)C)CC1.I. The summed E-state index contributed by atoms with van der Waals surface area (Å²) in [5, 5.41) is 6.82. The maximum atomic E-state index is 11.8. The Morgan fingerprint density at radius 1 is 1.44 bits per heavy atom. The third-order valence-corrected chi connectivity index (χ3v) is 4.54. The summed E-state index contributed by atoms with van der Waals surface area (Å²) in [5.74, 6) is 1.68. The van der Waals surface area contributed by atoms with E-state index in [2.05, 4.69) is 20.5 Å². The smallest absolute Gasteiger partial charge is 0.409 e. The number of ether oxygens (including phenoxy) is 1. The highest BCUT2D eigenvalue weighted by molar-refractivity contribution is 14.0. The molecule has 1 atom stereocenters. The van der Waals surface area contributed by atoms with Gasteiger partial charge in [-0.3, -0.25) is 9.89 Å². The number of hydrogen-bond acceptors (Lipinski definition) is 5. The summed E-state index contributed by atoms with van der Waals surface area (Å²) in [6.45, 7) is 4.31. The number of furan rings is 1. The predicted molar refractivity (Wildman–Crippen MR) is 117 cm³/mol. The summed E-state index contributed by atoms with van der Waals surface area (Å²) in [6, 6.07) is 4.28. The zero-order valence-electron chi connectivity index (χ0n) is 16.6. The first-order valence-electron chi connectivity index (χ1n) is 9.13. The number of hydrogen-bond donors (Lipinski definition) is 2. The van der Waals surface area contributed by atoms with E-state index in [0.717, 1.165) is 24.6 Å². The van der Waals surface area contributed by atoms with Crippen molar-refractivity contribution in [2.75, 3.05) is 47.4 Å². The van der Waals surface area contributed by atoms with Crippen LogP contribution in [-0.2, 0) is 4.74 Å². The minimum absolute atomic E-state index is 0. The van der Waals surface area contributed by atoms with Crippen LogP contribution in [0.15, 0.2) is 27.8 Å². The zero-order chi connectivity index (χ0) is 18.9. The van der Waals surface area contributed by atoms with Crippen molar-refractivity contribution in [2.24, 2.45) is 4.99 Å². The van der Waals surface area contributed by atoms with Crippen LogP contribution in [0.1, 0.15) is 31.6 Å². The number of carbonyl (C=O) groups excluding carboxylic acids is 1. The lowest BCUT2D eigenvalue weighted by Crippen LogP contribution is -2.50. The molecule has 27 heavy (non-hydrogen) atoms. The van der Waals surface area contributed by atoms with Gasteiger partial charge in [-0.15, -0.1) is 24.0 Å². The molecule has 0 aliphatic carbocycles. The highest BCUT2D eigenvalue weighted by atomic mass is 127. The molecule has 1 aliphatic rings. The first-order valence-corrected chi connectivity index (χ1v) is 9.13. The molecule has 1 aliphatic heterocycles. The molecule has 0 radical (unpaired) electrons. The van der Waals surface area contributed by atoms with E-state index in [1.807, 2.05) is 33.2 Å². The lowest BCUT2D eigenvalue weighted by Gasteiger charge is -2.32. The van der Waals surface area contributed by atoms with Gasteiger partial charge in [0.2, 0.25) is 0 Å². The van der Waals surface area contributed by atoms with Gasteiger partial charge in [-0.1, -0.05) is 0 Å². The van der Waals surface area contributed by atoms with E-state index in [-0.39, 0.29) is 42.2 Å². The van der Waals surface area contributed by atoms with E-state index in [1.54, 1.807) is 18.2 Å². The second kappa shape index (κ2) is 12.1. The molecule has 1 amide bonds. The normalized spacial score (nSPS) is 16.6. The molecule has 0 spiro atoms. The van der Waals surface area contributed by atoms with Crippen molar-refractivity contribution in [3.8, 4) is 0 Å². The topological polar surface area (TPSA) is 82.3 Å². The molecule has 1 fully saturated rings. The monoisotopic (exact) mass is 493 g/mol. The summed E-state index contributed by atoms with van der Waals surface area (Å²) in [5.41, 5.74) is 0. The Morgan fingerprint density at radius 3 is 2.67 bits per heavy atom. The van der Waals surface area contributed by atoms with Gasteiger partial charge in [-0.2, -0.15) is 0 Å². The molecule has 1 aromatic heterocycles. The van der Waals surface area contributed by atoms with Gasteiger partial charge in [0, 0.05) is 32.7 Å². The Kier molecular flexibility index (Phi) is 10.5. The third-order valence-electron chi connectivity index (χ3n) is 4.54. The number of halogens is 1. The lowest BCUT2D eigenvalue weighted by molar-refractivity contribution is 0.0963. The van der Waals surface area contributed by atoms with Crippen LogP contribution in [0, 0.1) is 0 Å². The van der Waals surface area contributed by atoms with Crippen LogP contribution in [-0.4, -0.2) is 75.3 Å². The van der Waals surface area contributed by atoms with Crippen molar-refractivity contribution in [1.29, 1.82) is 0 Å². The van der Waals surface area contributed by atoms with Crippen molar-refractivity contribution >= 4 is 36.0 Å². The molecule has 0 bridgehead atoms. The van der Waals surface area contributed by atoms with Crippen LogP contribution in [0.4, 0.5) is 4.79 Å². The van der Waals surface area contributed by atoms with Crippen molar-refractivity contribution in [3.63, 3.8) is 0 Å². The van der Waals surface area contributed by atoms with Crippen LogP contribution in [0.25, 0.3) is 0 Å². The van der Waals surface area contributed by atoms with E-state index < -0.39 is 0 Å². The number of guanidine groups is 1. The van der Waals surface area contributed by atoms with Crippen LogP contribution in [0.3, 0.4) is 0 Å². The zero-order valence-corrected chi connectivity index (χ0v) is 18.9. The maximum Gasteiger partial charge on any atom is 0.409 e. The van der Waals surface area contributed by atoms with Gasteiger partial charge in [0.05, 0.1) is 18.9 Å². The fraction of sp³-hybridized carbons (Fsp3) is 0.667. The lowest BCUT2D eigenvalue weighted by atomic mass is 10.1. The van der Waals surface area contributed by atoms with Crippen LogP contribution < -0.4 is 10.6 Å². The van der Waals surface area contributed by atoms with Gasteiger partial charge in [-0.25, -0.2) is 4.79 Å². The number of nitrogens with one attached hydrogen (secondary N) is 2. The number of amides is 1. The van der Waals surface area contributed by atoms with Gasteiger partial charge < -0.3 is 24.7 Å². The Labute approximate surface area is 178 Å². The van der Waals surface area contributed by atoms with E-state index in [9.17, 15) is 4.79 Å². The van der Waals surface area contributed by atoms with Crippen LogP contribution in [0.2, 0.25) is 0 Å². The number of rotatable bonds is 6. The average Bonchev–Trinajstić information content (AvgIpc) is 3.15. The number of aliphatic imine (C=N–C) groups is 1. The highest BCUT2D eigenvalue weighted by Crippen LogP contribution is 2.17. The molecule has 2 rings (SSSR count). The largest absolute Gasteiger partial charge is 0.468 e. The molecular formula is C18H32IN5O3. The minimum atomic E-state index is -0.222. The van der Waals surface area contributed by atoms with Gasteiger partial charge in [-0.05, 0) is 46.0 Å². The van der Waals surface area contributed by atoms with Gasteiger partial charge >= 0.3 is 6.09 Å². The summed E-state index contributed by atoms with van der Waals surface area (Å²) >= 11 is 0. The van der Waals surface area contributed by atoms with E-state index in [4.69, 9.17) is 9.15 Å². The molecular weight excluding hydrogens is 461 g/mol. The van der Waals surface area contributed by atoms with Gasteiger partial charge in [0.25, 0.3) is 0 Å². The van der Waals surface area contributed by atoms with Crippen molar-refractivity contribution in [3.05, 3.63) is 24.2 Å². The molecule has 9 heteroatoms. The Morgan fingerprint density at radius 2 is 2.15 bits per heavy atom. The maximum absolute atomic E-state index is 11.8. The number of likely N-dealkylation sites (tertiary alicyclic amines) is 1. The van der Waals surface area contributed by atoms with Gasteiger partial charge in [0.1, 0.15) is 5.76 Å². The summed E-state index contributed by atoms with van der Waals surface area (Å²) < 4.78 is 10.6. The first kappa shape index (κ1) is 23.5. The quantitative estimate of drug-likeness (QED) is 0.360. The molecule has 8 nitrogen and oxygen atoms in total. The van der Waals surface area contributed by atoms with Crippen molar-refractivity contribution in [1.82, 2.24) is 20.4 Å². The van der Waals surface area contributed by atoms with E-state index >= 15 is 0 Å². The fourth-order valence-corrected chi connectivity index (χ4v) is 3.02. The van der Waals surface area contributed by atoms with E-state index in [0.29, 0.717) is 26.2 Å². The van der Waals surface area contributed by atoms with Crippen LogP contribution >= 0.6 is 24.0 Å². The third kappa shape index (κ3) is 7.21. The Bertz CT molecular complexity index is 572. The number of nitrogens with zero attached hydrogens (tertiary/aromatic N) is 3. The molecule has 1 aromatic rings. The summed E-state index contributed by atoms with van der Waals surface area (Å²) in [7, 11) is 5.81. The van der Waals surface area contributed by atoms with E-state index in [1.165, 1.54) is 0 Å². The average molecular weight is 493 g/mol. The summed E-state index contributed by atoms with van der Waals surface area (Å²) in [4.78, 5) is 20.0. The molecule has 0 saturated carbocycles. The Balaban J connectivity index is 0.00000364. The first-order chi connectivity index (χ1) is 12.5. The molecule has 2 N–H and O–H groups in total. The fourth-order valence-electron chi connectivity index (χ4n) is 3.02. The molecule has 0 aromatic carbocycles. The molecule has 2 heterocycles. The number of carbonyl (C=O) groups is 1. The Hall–Kier alpha value is -1.49. The molecule has 1 saturated heterocycles. The summed E-state index contributed by atoms with van der Waals surface area (Å²) in [6.07, 6.45) is 3.21. The van der Waals surface area contributed by atoms with Crippen molar-refractivity contribution in [2.45, 2.75) is 31.8 Å². The van der Waals surface area contributed by atoms with Crippen molar-refractivity contribution < 1.29 is 13.9 Å². The second-order valence-electron chi connectivity index (χ2n) is 6.55. The van der Waals surface area contributed by atoms with Crippen LogP contribution in [0.5, 0.6) is 0 Å².